The molecule has 7 heteroatoms. The first-order valence-electron chi connectivity index (χ1n) is 8.53. The monoisotopic (exact) mass is 419 g/mol. The molecule has 6 nitrogen and oxygen atoms in total. The van der Waals surface area contributed by atoms with E-state index in [0.29, 0.717) is 25.3 Å². The van der Waals surface area contributed by atoms with Crippen LogP contribution in [0.5, 0.6) is 0 Å². The molecule has 138 valence electrons. The Kier molecular flexibility index (Phi) is 6.60. The van der Waals surface area contributed by atoms with E-state index in [1.807, 2.05) is 24.3 Å². The van der Waals surface area contributed by atoms with Gasteiger partial charge in [0.05, 0.1) is 18.8 Å². The number of morpholine rings is 1. The molecule has 1 N–H and O–H groups in total. The number of amides is 1. The van der Waals surface area contributed by atoms with Gasteiger partial charge in [0, 0.05) is 37.4 Å². The van der Waals surface area contributed by atoms with Gasteiger partial charge >= 0.3 is 0 Å². The number of nitrogens with zero attached hydrogens (tertiary/aromatic N) is 2. The number of carbonyl (C=O) groups excluding carboxylic acids is 1. The van der Waals surface area contributed by atoms with Gasteiger partial charge in [-0.3, -0.25) is 4.79 Å². The van der Waals surface area contributed by atoms with Gasteiger partial charge in [-0.05, 0) is 23.8 Å². The molecule has 1 aromatic heterocycles. The number of aromatic nitrogens is 1. The highest BCUT2D eigenvalue weighted by molar-refractivity contribution is 9.10. The Morgan fingerprint density at radius 1 is 1.38 bits per heavy atom. The summed E-state index contributed by atoms with van der Waals surface area (Å²) in [7, 11) is 1.60. The summed E-state index contributed by atoms with van der Waals surface area (Å²) >= 11 is 3.59. The smallest absolute Gasteiger partial charge is 0.252 e. The largest absolute Gasteiger partial charge is 0.383 e. The normalized spacial score (nSPS) is 17.2. The molecule has 2 heterocycles. The van der Waals surface area contributed by atoms with E-state index < -0.39 is 0 Å². The van der Waals surface area contributed by atoms with E-state index in [2.05, 4.69) is 37.2 Å². The Morgan fingerprint density at radius 2 is 2.23 bits per heavy atom. The van der Waals surface area contributed by atoms with Crippen molar-refractivity contribution in [1.82, 2.24) is 10.3 Å². The number of ether oxygens (including phenoxy) is 2. The third kappa shape index (κ3) is 4.60. The zero-order valence-electron chi connectivity index (χ0n) is 14.7. The molecule has 26 heavy (non-hydrogen) atoms. The highest BCUT2D eigenvalue weighted by atomic mass is 79.9. The number of rotatable bonds is 6. The number of benzene rings is 1. The molecule has 0 saturated carbocycles. The van der Waals surface area contributed by atoms with E-state index in [-0.39, 0.29) is 12.0 Å². The summed E-state index contributed by atoms with van der Waals surface area (Å²) in [5, 5.41) is 2.79. The van der Waals surface area contributed by atoms with Crippen LogP contribution in [0.15, 0.2) is 47.1 Å². The van der Waals surface area contributed by atoms with Gasteiger partial charge in [-0.15, -0.1) is 0 Å². The lowest BCUT2D eigenvalue weighted by molar-refractivity contribution is 0.0391. The van der Waals surface area contributed by atoms with Crippen LogP contribution in [0.3, 0.4) is 0 Å². The van der Waals surface area contributed by atoms with Crippen LogP contribution >= 0.6 is 15.9 Å². The summed E-state index contributed by atoms with van der Waals surface area (Å²) in [5.74, 6) is 0.702. The molecule has 0 spiro atoms. The minimum absolute atomic E-state index is 0.0156. The number of hydrogen-bond acceptors (Lipinski definition) is 5. The molecule has 0 aliphatic carbocycles. The van der Waals surface area contributed by atoms with Crippen molar-refractivity contribution in [3.05, 3.63) is 58.2 Å². The summed E-state index contributed by atoms with van der Waals surface area (Å²) in [6.07, 6.45) is 1.60. The van der Waals surface area contributed by atoms with Crippen LogP contribution in [-0.2, 0) is 9.47 Å². The Labute approximate surface area is 161 Å². The van der Waals surface area contributed by atoms with Gasteiger partial charge in [0.1, 0.15) is 11.9 Å². The summed E-state index contributed by atoms with van der Waals surface area (Å²) in [4.78, 5) is 18.7. The van der Waals surface area contributed by atoms with Crippen molar-refractivity contribution in [2.45, 2.75) is 6.10 Å². The minimum atomic E-state index is -0.144. The fourth-order valence-corrected chi connectivity index (χ4v) is 3.40. The minimum Gasteiger partial charge on any atom is -0.383 e. The zero-order chi connectivity index (χ0) is 18.4. The lowest BCUT2D eigenvalue weighted by Crippen LogP contribution is -2.39. The number of halogens is 1. The third-order valence-corrected chi connectivity index (χ3v) is 4.97. The SMILES string of the molecule is COCCNC(=O)c1ccc(N2CCOC(c3ccccc3Br)C2)nc1. The summed E-state index contributed by atoms with van der Waals surface area (Å²) in [6, 6.07) is 11.8. The fraction of sp³-hybridized carbons (Fsp3) is 0.368. The Morgan fingerprint density at radius 3 is 2.96 bits per heavy atom. The van der Waals surface area contributed by atoms with Crippen molar-refractivity contribution >= 4 is 27.7 Å². The Bertz CT molecular complexity index is 739. The molecule has 1 unspecified atom stereocenters. The van der Waals surface area contributed by atoms with Crippen LogP contribution in [0.1, 0.15) is 22.0 Å². The summed E-state index contributed by atoms with van der Waals surface area (Å²) in [6.45, 7) is 3.09. The first-order chi connectivity index (χ1) is 12.7. The van der Waals surface area contributed by atoms with Gasteiger partial charge in [0.15, 0.2) is 0 Å². The molecule has 1 aliphatic heterocycles. The molecular weight excluding hydrogens is 398 g/mol. The molecule has 1 atom stereocenters. The predicted molar refractivity (Wildman–Crippen MR) is 103 cm³/mol. The number of anilines is 1. The van der Waals surface area contributed by atoms with E-state index in [4.69, 9.17) is 9.47 Å². The quantitative estimate of drug-likeness (QED) is 0.729. The molecule has 1 aromatic carbocycles. The summed E-state index contributed by atoms with van der Waals surface area (Å²) < 4.78 is 11.9. The number of pyridine rings is 1. The fourth-order valence-electron chi connectivity index (χ4n) is 2.86. The van der Waals surface area contributed by atoms with E-state index >= 15 is 0 Å². The predicted octanol–water partition coefficient (Wildman–Crippen LogP) is 2.80. The van der Waals surface area contributed by atoms with Gasteiger partial charge in [-0.2, -0.15) is 0 Å². The maximum atomic E-state index is 12.0. The van der Waals surface area contributed by atoms with Crippen LogP contribution in [-0.4, -0.2) is 50.8 Å². The first kappa shape index (κ1) is 18.8. The third-order valence-electron chi connectivity index (χ3n) is 4.24. The van der Waals surface area contributed by atoms with Gasteiger partial charge in [0.25, 0.3) is 5.91 Å². The van der Waals surface area contributed by atoms with Gasteiger partial charge in [-0.25, -0.2) is 4.98 Å². The number of hydrogen-bond donors (Lipinski definition) is 1. The molecule has 1 fully saturated rings. The van der Waals surface area contributed by atoms with Gasteiger partial charge in [0.2, 0.25) is 0 Å². The van der Waals surface area contributed by atoms with Crippen LogP contribution in [0.2, 0.25) is 0 Å². The van der Waals surface area contributed by atoms with E-state index in [9.17, 15) is 4.79 Å². The van der Waals surface area contributed by atoms with Crippen LogP contribution in [0.25, 0.3) is 0 Å². The average Bonchev–Trinajstić information content (AvgIpc) is 2.69. The van der Waals surface area contributed by atoms with Crippen LogP contribution < -0.4 is 10.2 Å². The Balaban J connectivity index is 1.65. The lowest BCUT2D eigenvalue weighted by atomic mass is 10.1. The van der Waals surface area contributed by atoms with E-state index in [0.717, 1.165) is 28.9 Å². The second kappa shape index (κ2) is 9.12. The number of carbonyl (C=O) groups is 1. The molecule has 1 amide bonds. The van der Waals surface area contributed by atoms with Gasteiger partial charge in [-0.1, -0.05) is 34.1 Å². The van der Waals surface area contributed by atoms with Gasteiger partial charge < -0.3 is 19.7 Å². The highest BCUT2D eigenvalue weighted by Gasteiger charge is 2.24. The molecule has 1 saturated heterocycles. The topological polar surface area (TPSA) is 63.7 Å². The van der Waals surface area contributed by atoms with Crippen molar-refractivity contribution in [3.8, 4) is 0 Å². The molecule has 1 aliphatic rings. The van der Waals surface area contributed by atoms with Crippen LogP contribution in [0, 0.1) is 0 Å². The van der Waals surface area contributed by atoms with Crippen molar-refractivity contribution in [2.75, 3.05) is 44.9 Å². The van der Waals surface area contributed by atoms with Crippen molar-refractivity contribution in [2.24, 2.45) is 0 Å². The molecule has 0 bridgehead atoms. The Hall–Kier alpha value is -1.96. The molecule has 3 rings (SSSR count). The second-order valence-corrected chi connectivity index (χ2v) is 6.84. The second-order valence-electron chi connectivity index (χ2n) is 5.98. The first-order valence-corrected chi connectivity index (χ1v) is 9.32. The molecular formula is C19H22BrN3O3. The zero-order valence-corrected chi connectivity index (χ0v) is 16.2. The standard InChI is InChI=1S/C19H22BrN3O3/c1-25-10-8-21-19(24)14-6-7-18(22-12-14)23-9-11-26-17(13-23)15-4-2-3-5-16(15)20/h2-7,12,17H,8-11,13H2,1H3,(H,21,24). The molecule has 2 aromatic rings. The number of methoxy groups -OCH3 is 1. The van der Waals surface area contributed by atoms with E-state index in [1.165, 1.54) is 0 Å². The maximum Gasteiger partial charge on any atom is 0.252 e. The van der Waals surface area contributed by atoms with Crippen molar-refractivity contribution in [1.29, 1.82) is 0 Å². The highest BCUT2D eigenvalue weighted by Crippen LogP contribution is 2.30. The lowest BCUT2D eigenvalue weighted by Gasteiger charge is -2.34. The van der Waals surface area contributed by atoms with Crippen LogP contribution in [0.4, 0.5) is 5.82 Å². The molecule has 0 radical (unpaired) electrons. The summed E-state index contributed by atoms with van der Waals surface area (Å²) in [5.41, 5.74) is 1.67. The van der Waals surface area contributed by atoms with Crippen molar-refractivity contribution in [3.63, 3.8) is 0 Å². The number of nitrogens with one attached hydrogen (secondary N) is 1. The average molecular weight is 420 g/mol. The van der Waals surface area contributed by atoms with E-state index in [1.54, 1.807) is 19.4 Å². The maximum absolute atomic E-state index is 12.0. The van der Waals surface area contributed by atoms with Crippen molar-refractivity contribution < 1.29 is 14.3 Å².